The summed E-state index contributed by atoms with van der Waals surface area (Å²) in [5.41, 5.74) is 7.09. The lowest BCUT2D eigenvalue weighted by Crippen LogP contribution is -2.48. The minimum atomic E-state index is -0.0878. The normalized spacial score (nSPS) is 22.7. The summed E-state index contributed by atoms with van der Waals surface area (Å²) >= 11 is 1.40. The number of nitrogens with zero attached hydrogens (tertiary/aromatic N) is 2. The zero-order chi connectivity index (χ0) is 22.3. The van der Waals surface area contributed by atoms with Crippen LogP contribution in [0.25, 0.3) is 6.08 Å². The molecule has 2 aliphatic rings. The number of amidine groups is 1. The van der Waals surface area contributed by atoms with Crippen LogP contribution in [0.3, 0.4) is 0 Å². The van der Waals surface area contributed by atoms with Crippen molar-refractivity contribution >= 4 is 40.3 Å². The maximum atomic E-state index is 12.6. The summed E-state index contributed by atoms with van der Waals surface area (Å²) < 4.78 is 0. The second-order valence-corrected chi connectivity index (χ2v) is 10.3. The Balaban J connectivity index is 1.61. The Morgan fingerprint density at radius 2 is 1.90 bits per heavy atom. The Bertz CT molecular complexity index is 1080. The van der Waals surface area contributed by atoms with Gasteiger partial charge in [0.2, 0.25) is 0 Å². The van der Waals surface area contributed by atoms with Gasteiger partial charge in [-0.15, -0.1) is 0 Å². The van der Waals surface area contributed by atoms with Crippen LogP contribution in [-0.4, -0.2) is 23.2 Å². The van der Waals surface area contributed by atoms with Crippen molar-refractivity contribution in [2.45, 2.75) is 59.4 Å². The number of anilines is 1. The first-order valence-corrected chi connectivity index (χ1v) is 11.8. The first-order valence-electron chi connectivity index (χ1n) is 11.0. The Morgan fingerprint density at radius 3 is 2.58 bits per heavy atom. The first-order chi connectivity index (χ1) is 14.7. The van der Waals surface area contributed by atoms with Crippen LogP contribution in [-0.2, 0) is 4.79 Å². The monoisotopic (exact) mass is 433 g/mol. The molecule has 4 nitrogen and oxygen atoms in total. The average Bonchev–Trinajstić information content (AvgIpc) is 2.99. The van der Waals surface area contributed by atoms with Crippen molar-refractivity contribution in [2.24, 2.45) is 4.99 Å². The third kappa shape index (κ3) is 4.42. The van der Waals surface area contributed by atoms with Gasteiger partial charge in [-0.25, -0.2) is 4.99 Å². The molecule has 1 amide bonds. The van der Waals surface area contributed by atoms with E-state index < -0.39 is 0 Å². The number of thioether (sulfide) groups is 1. The number of fused-ring (bicyclic) bond motifs is 1. The molecule has 0 spiro atoms. The molecule has 5 heteroatoms. The SMILES string of the molecule is CCN1c2ccc(/C=C3/SC(=Nc4cc(C)cc(C)c4)NC3=O)cc2C(C)CC1(C)C. The van der Waals surface area contributed by atoms with E-state index in [0.717, 1.165) is 35.3 Å². The van der Waals surface area contributed by atoms with E-state index in [-0.39, 0.29) is 11.4 Å². The highest BCUT2D eigenvalue weighted by atomic mass is 32.2. The van der Waals surface area contributed by atoms with Gasteiger partial charge in [0.05, 0.1) is 10.6 Å². The Labute approximate surface area is 189 Å². The number of aliphatic imine (C=N–C) groups is 1. The number of nitrogens with one attached hydrogen (secondary N) is 1. The highest BCUT2D eigenvalue weighted by Gasteiger charge is 2.35. The van der Waals surface area contributed by atoms with Crippen molar-refractivity contribution in [2.75, 3.05) is 11.4 Å². The lowest BCUT2D eigenvalue weighted by atomic mass is 9.79. The molecule has 0 bridgehead atoms. The van der Waals surface area contributed by atoms with E-state index in [1.165, 1.54) is 23.0 Å². The van der Waals surface area contributed by atoms with Crippen molar-refractivity contribution in [3.05, 3.63) is 63.6 Å². The van der Waals surface area contributed by atoms with Crippen molar-refractivity contribution in [1.82, 2.24) is 5.32 Å². The molecule has 2 heterocycles. The number of hydrogen-bond donors (Lipinski definition) is 1. The van der Waals surface area contributed by atoms with Gasteiger partial charge in [0.1, 0.15) is 0 Å². The van der Waals surface area contributed by atoms with E-state index in [9.17, 15) is 4.79 Å². The predicted octanol–water partition coefficient (Wildman–Crippen LogP) is 6.31. The van der Waals surface area contributed by atoms with Crippen molar-refractivity contribution in [3.63, 3.8) is 0 Å². The molecular formula is C26H31N3OS. The summed E-state index contributed by atoms with van der Waals surface area (Å²) in [6.07, 6.45) is 3.10. The molecule has 2 aromatic carbocycles. The van der Waals surface area contributed by atoms with Crippen molar-refractivity contribution in [3.8, 4) is 0 Å². The van der Waals surface area contributed by atoms with Crippen LogP contribution in [0.1, 0.15) is 62.3 Å². The number of hydrogen-bond acceptors (Lipinski definition) is 4. The zero-order valence-electron chi connectivity index (χ0n) is 19.2. The minimum Gasteiger partial charge on any atom is -0.366 e. The molecule has 1 atom stereocenters. The van der Waals surface area contributed by atoms with E-state index in [2.05, 4.69) is 81.0 Å². The molecule has 4 rings (SSSR count). The van der Waals surface area contributed by atoms with Crippen LogP contribution in [0.4, 0.5) is 11.4 Å². The Kier molecular flexibility index (Phi) is 5.73. The molecule has 1 saturated heterocycles. The molecule has 0 aliphatic carbocycles. The number of benzene rings is 2. The first kappa shape index (κ1) is 21.7. The molecule has 0 radical (unpaired) electrons. The smallest absolute Gasteiger partial charge is 0.264 e. The lowest BCUT2D eigenvalue weighted by Gasteiger charge is -2.47. The average molecular weight is 434 g/mol. The van der Waals surface area contributed by atoms with Crippen LogP contribution in [0.15, 0.2) is 46.3 Å². The molecule has 2 aromatic rings. The van der Waals surface area contributed by atoms with Gasteiger partial charge in [0, 0.05) is 17.8 Å². The number of aryl methyl sites for hydroxylation is 2. The summed E-state index contributed by atoms with van der Waals surface area (Å²) in [6.45, 7) is 14.3. The topological polar surface area (TPSA) is 44.7 Å². The number of carbonyl (C=O) groups excluding carboxylic acids is 1. The van der Waals surface area contributed by atoms with Gasteiger partial charge in [0.25, 0.3) is 5.91 Å². The fourth-order valence-corrected chi connectivity index (χ4v) is 5.80. The second kappa shape index (κ2) is 8.19. The second-order valence-electron chi connectivity index (χ2n) is 9.31. The minimum absolute atomic E-state index is 0.0878. The number of amides is 1. The van der Waals surface area contributed by atoms with Crippen molar-refractivity contribution in [1.29, 1.82) is 0 Å². The van der Waals surface area contributed by atoms with Gasteiger partial charge in [-0.2, -0.15) is 0 Å². The van der Waals surface area contributed by atoms with E-state index >= 15 is 0 Å². The lowest BCUT2D eigenvalue weighted by molar-refractivity contribution is -0.115. The third-order valence-electron chi connectivity index (χ3n) is 6.11. The van der Waals surface area contributed by atoms with E-state index in [1.807, 2.05) is 18.2 Å². The fourth-order valence-electron chi connectivity index (χ4n) is 4.96. The molecule has 0 saturated carbocycles. The maximum Gasteiger partial charge on any atom is 0.264 e. The number of rotatable bonds is 3. The molecule has 1 fully saturated rings. The molecule has 0 aromatic heterocycles. The van der Waals surface area contributed by atoms with Crippen LogP contribution >= 0.6 is 11.8 Å². The fraction of sp³-hybridized carbons (Fsp3) is 0.385. The predicted molar refractivity (Wildman–Crippen MR) is 133 cm³/mol. The zero-order valence-corrected chi connectivity index (χ0v) is 20.1. The molecule has 162 valence electrons. The largest absolute Gasteiger partial charge is 0.366 e. The van der Waals surface area contributed by atoms with Gasteiger partial charge in [0.15, 0.2) is 5.17 Å². The molecule has 1 N–H and O–H groups in total. The van der Waals surface area contributed by atoms with Gasteiger partial charge < -0.3 is 10.2 Å². The third-order valence-corrected chi connectivity index (χ3v) is 7.02. The summed E-state index contributed by atoms with van der Waals surface area (Å²) in [5, 5.41) is 3.54. The summed E-state index contributed by atoms with van der Waals surface area (Å²) in [7, 11) is 0. The summed E-state index contributed by atoms with van der Waals surface area (Å²) in [5.74, 6) is 0.396. The van der Waals surface area contributed by atoms with Gasteiger partial charge >= 0.3 is 0 Å². The van der Waals surface area contributed by atoms with Crippen LogP contribution in [0, 0.1) is 13.8 Å². The molecular weight excluding hydrogens is 402 g/mol. The highest BCUT2D eigenvalue weighted by Crippen LogP contribution is 2.43. The van der Waals surface area contributed by atoms with E-state index in [0.29, 0.717) is 16.0 Å². The standard InChI is InChI=1S/C26H31N3OS/c1-7-29-22-9-8-19(13-21(22)18(4)15-26(29,5)6)14-23-24(30)28-25(31-23)27-20-11-16(2)10-17(3)12-20/h8-14,18H,7,15H2,1-6H3,(H,27,28,30)/b23-14+. The summed E-state index contributed by atoms with van der Waals surface area (Å²) in [4.78, 5) is 20.4. The molecule has 1 unspecified atom stereocenters. The number of carbonyl (C=O) groups is 1. The van der Waals surface area contributed by atoms with Crippen LogP contribution in [0.2, 0.25) is 0 Å². The summed E-state index contributed by atoms with van der Waals surface area (Å²) in [6, 6.07) is 12.8. The van der Waals surface area contributed by atoms with Crippen LogP contribution in [0.5, 0.6) is 0 Å². The van der Waals surface area contributed by atoms with Gasteiger partial charge in [-0.1, -0.05) is 19.1 Å². The highest BCUT2D eigenvalue weighted by molar-refractivity contribution is 8.18. The molecule has 2 aliphatic heterocycles. The Morgan fingerprint density at radius 1 is 1.19 bits per heavy atom. The quantitative estimate of drug-likeness (QED) is 0.577. The maximum absolute atomic E-state index is 12.6. The van der Waals surface area contributed by atoms with Gasteiger partial charge in [-0.05, 0) is 111 Å². The molecule has 31 heavy (non-hydrogen) atoms. The Hall–Kier alpha value is -2.53. The van der Waals surface area contributed by atoms with Crippen molar-refractivity contribution < 1.29 is 4.79 Å². The van der Waals surface area contributed by atoms with Gasteiger partial charge in [-0.3, -0.25) is 4.79 Å². The van der Waals surface area contributed by atoms with E-state index in [1.54, 1.807) is 0 Å². The van der Waals surface area contributed by atoms with E-state index in [4.69, 9.17) is 0 Å². The van der Waals surface area contributed by atoms with Crippen LogP contribution < -0.4 is 10.2 Å².